The molecule has 71 heavy (non-hydrogen) atoms. The molecule has 2 aromatic heterocycles. The Morgan fingerprint density at radius 1 is 0.577 bits per heavy atom. The van der Waals surface area contributed by atoms with Gasteiger partial charge in [0.1, 0.15) is 11.5 Å². The molecule has 0 unspecified atom stereocenters. The minimum atomic E-state index is -0.880. The maximum Gasteiger partial charge on any atom is 0.309 e. The molecular formula is C53H60Cl4N6O6S2. The molecule has 4 aromatic carbocycles. The van der Waals surface area contributed by atoms with E-state index in [2.05, 4.69) is 19.6 Å². The summed E-state index contributed by atoms with van der Waals surface area (Å²) in [4.78, 5) is 42.7. The van der Waals surface area contributed by atoms with Crippen LogP contribution >= 0.6 is 69.1 Å². The molecule has 0 radical (unpaired) electrons. The van der Waals surface area contributed by atoms with Crippen molar-refractivity contribution in [1.82, 2.24) is 19.8 Å². The summed E-state index contributed by atoms with van der Waals surface area (Å²) in [5.41, 5.74) is 3.69. The normalized spacial score (nSPS) is 18.2. The summed E-state index contributed by atoms with van der Waals surface area (Å²) >= 11 is 28.3. The zero-order chi connectivity index (χ0) is 49.5. The number of nitrogens with zero attached hydrogens (tertiary/aromatic N) is 6. The Labute approximate surface area is 443 Å². The minimum absolute atomic E-state index is 0.0670. The van der Waals surface area contributed by atoms with Gasteiger partial charge in [0, 0.05) is 57.3 Å². The summed E-state index contributed by atoms with van der Waals surface area (Å²) < 4.78 is 19.4. The highest BCUT2D eigenvalue weighted by Gasteiger charge is 2.43. The highest BCUT2D eigenvalue weighted by molar-refractivity contribution is 7.22. The monoisotopic (exact) mass is 1080 g/mol. The first-order chi connectivity index (χ1) is 34.3. The zero-order valence-electron chi connectivity index (χ0n) is 40.0. The summed E-state index contributed by atoms with van der Waals surface area (Å²) in [7, 11) is 1.39. The number of anilines is 2. The van der Waals surface area contributed by atoms with E-state index in [1.807, 2.05) is 48.5 Å². The van der Waals surface area contributed by atoms with E-state index >= 15 is 0 Å². The van der Waals surface area contributed by atoms with E-state index in [0.717, 1.165) is 137 Å². The number of carboxylic acids is 1. The summed E-state index contributed by atoms with van der Waals surface area (Å²) in [6, 6.07) is 22.5. The van der Waals surface area contributed by atoms with Crippen LogP contribution in [-0.4, -0.2) is 121 Å². The molecule has 6 heterocycles. The summed E-state index contributed by atoms with van der Waals surface area (Å²) in [5.74, 6) is 0.160. The fourth-order valence-corrected chi connectivity index (χ4v) is 13.9. The van der Waals surface area contributed by atoms with Gasteiger partial charge in [0.25, 0.3) is 0 Å². The van der Waals surface area contributed by atoms with Gasteiger partial charge in [-0.05, 0) is 174 Å². The Kier molecular flexibility index (Phi) is 17.1. The number of carboxylic acid groups (broad SMARTS) is 1. The number of methoxy groups -OCH3 is 1. The molecule has 4 aliphatic heterocycles. The molecule has 18 heteroatoms. The molecule has 12 nitrogen and oxygen atoms in total. The van der Waals surface area contributed by atoms with Gasteiger partial charge in [-0.15, -0.1) is 0 Å². The molecule has 1 N–H and O–H groups in total. The standard InChI is InChI=1S/C27H31Cl2N3O3S.C26H29Cl2N3O3S/c1-34-25(33)16-19-14-21(29)17-22(15-19)35-13-8-27(32-9-2-3-10-32)6-11-31(12-7-27)26-30-23-5-4-20(28)18-24(23)36-26;27-19-3-4-22-23(17-19)35-25(29-22)30-10-5-26(6-11-30,31-8-1-2-9-31)7-12-34-21-14-18(15-24(32)33)13-20(28)16-21/h4-5,14-15,17-18H,2-3,6-13,16H2,1H3;3-4,13-14,16-17H,1-2,5-12,15H2,(H,32,33). The number of likely N-dealkylation sites (tertiary alicyclic amines) is 2. The van der Waals surface area contributed by atoms with E-state index in [9.17, 15) is 9.59 Å². The van der Waals surface area contributed by atoms with Crippen LogP contribution in [0.15, 0.2) is 72.8 Å². The molecule has 0 saturated carbocycles. The maximum atomic E-state index is 11.7. The summed E-state index contributed by atoms with van der Waals surface area (Å²) in [6.45, 7) is 9.64. The van der Waals surface area contributed by atoms with Gasteiger partial charge in [0.05, 0.1) is 53.6 Å². The van der Waals surface area contributed by atoms with Gasteiger partial charge >= 0.3 is 11.9 Å². The molecule has 4 fully saturated rings. The first-order valence-corrected chi connectivity index (χ1v) is 27.7. The smallest absolute Gasteiger partial charge is 0.309 e. The molecule has 10 rings (SSSR count). The van der Waals surface area contributed by atoms with E-state index in [0.29, 0.717) is 40.3 Å². The van der Waals surface area contributed by atoms with Gasteiger partial charge in [0.2, 0.25) is 0 Å². The molecule has 378 valence electrons. The van der Waals surface area contributed by atoms with Crippen LogP contribution in [0, 0.1) is 0 Å². The number of esters is 1. The van der Waals surface area contributed by atoms with Crippen LogP contribution < -0.4 is 19.3 Å². The van der Waals surface area contributed by atoms with Crippen LogP contribution in [0.1, 0.15) is 75.3 Å². The summed E-state index contributed by atoms with van der Waals surface area (Å²) in [6.07, 6.45) is 11.3. The molecule has 0 atom stereocenters. The van der Waals surface area contributed by atoms with E-state index in [1.54, 1.807) is 46.9 Å². The van der Waals surface area contributed by atoms with Crippen molar-refractivity contribution in [3.8, 4) is 11.5 Å². The Balaban J connectivity index is 0.000000176. The number of ether oxygens (including phenoxy) is 3. The second-order valence-corrected chi connectivity index (χ2v) is 22.9. The lowest BCUT2D eigenvalue weighted by atomic mass is 9.83. The number of piperidine rings is 2. The number of carbonyl (C=O) groups is 2. The van der Waals surface area contributed by atoms with Crippen LogP contribution in [0.2, 0.25) is 20.1 Å². The number of benzene rings is 4. The number of hydrogen-bond acceptors (Lipinski definition) is 13. The van der Waals surface area contributed by atoms with Crippen LogP contribution in [0.4, 0.5) is 10.3 Å². The number of aliphatic carboxylic acids is 1. The Hall–Kier alpha value is -4.12. The van der Waals surface area contributed by atoms with Crippen molar-refractivity contribution in [3.63, 3.8) is 0 Å². The molecule has 0 bridgehead atoms. The van der Waals surface area contributed by atoms with Gasteiger partial charge in [-0.2, -0.15) is 0 Å². The van der Waals surface area contributed by atoms with Crippen molar-refractivity contribution in [1.29, 1.82) is 0 Å². The molecule has 6 aromatic rings. The fraction of sp³-hybridized carbons (Fsp3) is 0.472. The van der Waals surface area contributed by atoms with Crippen molar-refractivity contribution in [2.75, 3.05) is 82.5 Å². The molecule has 4 aliphatic rings. The minimum Gasteiger partial charge on any atom is -0.493 e. The van der Waals surface area contributed by atoms with Gasteiger partial charge in [0.15, 0.2) is 10.3 Å². The number of rotatable bonds is 16. The average Bonchev–Trinajstić information content (AvgIpc) is 4.20. The average molecular weight is 1080 g/mol. The SMILES string of the molecule is COC(=O)Cc1cc(Cl)cc(OCCC2(N3CCCC3)CCN(c3nc4ccc(Cl)cc4s3)CC2)c1.O=C(O)Cc1cc(Cl)cc(OCCC2(N3CCCC3)CCN(c3nc4ccc(Cl)cc4s3)CC2)c1. The van der Waals surface area contributed by atoms with Gasteiger partial charge in [-0.3, -0.25) is 19.4 Å². The van der Waals surface area contributed by atoms with E-state index in [4.69, 9.17) is 75.7 Å². The van der Waals surface area contributed by atoms with Crippen molar-refractivity contribution in [3.05, 3.63) is 104 Å². The number of fused-ring (bicyclic) bond motifs is 2. The molecule has 4 saturated heterocycles. The van der Waals surface area contributed by atoms with Crippen LogP contribution in [0.3, 0.4) is 0 Å². The quantitative estimate of drug-likeness (QED) is 0.0929. The van der Waals surface area contributed by atoms with Gasteiger partial charge < -0.3 is 29.1 Å². The fourth-order valence-electron chi connectivity index (χ4n) is 10.8. The lowest BCUT2D eigenvalue weighted by Crippen LogP contribution is -2.55. The summed E-state index contributed by atoms with van der Waals surface area (Å²) in [5, 5.41) is 13.8. The largest absolute Gasteiger partial charge is 0.493 e. The number of carbonyl (C=O) groups excluding carboxylic acids is 1. The molecule has 0 amide bonds. The zero-order valence-corrected chi connectivity index (χ0v) is 44.6. The van der Waals surface area contributed by atoms with E-state index in [-0.39, 0.29) is 29.9 Å². The van der Waals surface area contributed by atoms with Gasteiger partial charge in [-0.25, -0.2) is 9.97 Å². The van der Waals surface area contributed by atoms with Crippen LogP contribution in [0.25, 0.3) is 20.4 Å². The second-order valence-electron chi connectivity index (χ2n) is 19.1. The van der Waals surface area contributed by atoms with Crippen molar-refractivity contribution in [2.45, 2.75) is 88.1 Å². The van der Waals surface area contributed by atoms with E-state index < -0.39 is 5.97 Å². The number of halogens is 4. The first kappa shape index (κ1) is 51.8. The van der Waals surface area contributed by atoms with Crippen molar-refractivity contribution in [2.24, 2.45) is 0 Å². The topological polar surface area (TPSA) is 121 Å². The molecular weight excluding hydrogens is 1020 g/mol. The highest BCUT2D eigenvalue weighted by atomic mass is 35.5. The second kappa shape index (κ2) is 23.4. The molecule has 0 spiro atoms. The molecule has 0 aliphatic carbocycles. The predicted octanol–water partition coefficient (Wildman–Crippen LogP) is 12.4. The van der Waals surface area contributed by atoms with Crippen LogP contribution in [-0.2, 0) is 27.2 Å². The van der Waals surface area contributed by atoms with Crippen LogP contribution in [0.5, 0.6) is 11.5 Å². The Morgan fingerprint density at radius 2 is 1.00 bits per heavy atom. The number of thiazole rings is 2. The maximum absolute atomic E-state index is 11.7. The third kappa shape index (κ3) is 13.0. The Bertz CT molecular complexity index is 2800. The predicted molar refractivity (Wildman–Crippen MR) is 289 cm³/mol. The number of aromatic nitrogens is 2. The van der Waals surface area contributed by atoms with Gasteiger partial charge in [-0.1, -0.05) is 69.1 Å². The lowest BCUT2D eigenvalue weighted by Gasteiger charge is -2.47. The number of hydrogen-bond donors (Lipinski definition) is 1. The van der Waals surface area contributed by atoms with E-state index in [1.165, 1.54) is 32.8 Å². The third-order valence-electron chi connectivity index (χ3n) is 14.6. The first-order valence-electron chi connectivity index (χ1n) is 24.6. The van der Waals surface area contributed by atoms with Crippen molar-refractivity contribution >= 4 is 112 Å². The third-order valence-corrected chi connectivity index (χ3v) is 17.7. The highest BCUT2D eigenvalue weighted by Crippen LogP contribution is 2.41. The Morgan fingerprint density at radius 3 is 1.41 bits per heavy atom. The lowest BCUT2D eigenvalue weighted by molar-refractivity contribution is -0.140. The van der Waals surface area contributed by atoms with Crippen molar-refractivity contribution < 1.29 is 28.9 Å².